The second-order valence-electron chi connectivity index (χ2n) is 5.27. The van der Waals surface area contributed by atoms with Crippen molar-refractivity contribution in [3.05, 3.63) is 58.7 Å². The van der Waals surface area contributed by atoms with Gasteiger partial charge in [0.1, 0.15) is 0 Å². The van der Waals surface area contributed by atoms with Crippen LogP contribution in [0.3, 0.4) is 0 Å². The Morgan fingerprint density at radius 1 is 0.958 bits per heavy atom. The number of carbonyl (C=O) groups is 3. The second kappa shape index (κ2) is 7.30. The van der Waals surface area contributed by atoms with E-state index in [-0.39, 0.29) is 40.9 Å². The molecule has 0 atom stereocenters. The summed E-state index contributed by atoms with van der Waals surface area (Å²) in [5, 5.41) is 10.9. The zero-order valence-corrected chi connectivity index (χ0v) is 15.4. The molecule has 0 fully saturated rings. The third-order valence-corrected chi connectivity index (χ3v) is 3.73. The topological polar surface area (TPSA) is 83.5 Å². The minimum atomic E-state index is -1.33. The fourth-order valence-electron chi connectivity index (χ4n) is 2.61. The minimum absolute atomic E-state index is 0. The van der Waals surface area contributed by atoms with Gasteiger partial charge in [-0.25, -0.2) is 4.79 Å². The molecule has 0 radical (unpaired) electrons. The van der Waals surface area contributed by atoms with Crippen molar-refractivity contribution in [2.24, 2.45) is 0 Å². The van der Waals surface area contributed by atoms with E-state index in [0.717, 1.165) is 0 Å². The first-order chi connectivity index (χ1) is 11.0. The molecule has 1 aliphatic carbocycles. The summed E-state index contributed by atoms with van der Waals surface area (Å²) in [6.45, 7) is 2.21. The number of esters is 1. The number of carbonyl (C=O) groups excluding carboxylic acids is 3. The van der Waals surface area contributed by atoms with Gasteiger partial charge in [0.25, 0.3) is 0 Å². The van der Waals surface area contributed by atoms with Gasteiger partial charge in [-0.05, 0) is 41.3 Å². The number of benzene rings is 2. The fraction of sp³-hybridized carbons (Fsp3) is 0.167. The molecule has 0 aliphatic heterocycles. The van der Waals surface area contributed by atoms with Crippen LogP contribution in [0.2, 0.25) is 0 Å². The van der Waals surface area contributed by atoms with Crippen molar-refractivity contribution in [2.75, 3.05) is 6.61 Å². The number of carboxylic acids is 1. The number of hydrogen-bond acceptors (Lipinski definition) is 5. The quantitative estimate of drug-likeness (QED) is 0.444. The Hall–Kier alpha value is -1.95. The van der Waals surface area contributed by atoms with Crippen LogP contribution in [0.5, 0.6) is 0 Å². The number of rotatable bonds is 4. The standard InChI is InChI=1S/C18H14O5.Na/c1-2-7-23-18(22)11-4-6-13-12-5-3-10(17(20)21)8-14(12)16(19)15(13)9-11;/h3-6,8-9H,2,7H2,1H3,(H,20,21);/q;+1/p-1. The summed E-state index contributed by atoms with van der Waals surface area (Å²) >= 11 is 0. The molecule has 116 valence electrons. The van der Waals surface area contributed by atoms with E-state index in [2.05, 4.69) is 0 Å². The van der Waals surface area contributed by atoms with Crippen LogP contribution in [0.4, 0.5) is 0 Å². The molecule has 1 aliphatic rings. The summed E-state index contributed by atoms with van der Waals surface area (Å²) in [5.74, 6) is -2.11. The minimum Gasteiger partial charge on any atom is -0.545 e. The van der Waals surface area contributed by atoms with E-state index in [1.165, 1.54) is 18.2 Å². The molecule has 0 saturated heterocycles. The number of aromatic carboxylic acids is 1. The van der Waals surface area contributed by atoms with Gasteiger partial charge in [-0.2, -0.15) is 0 Å². The number of carboxylic acid groups (broad SMARTS) is 1. The molecule has 0 N–H and O–H groups in total. The van der Waals surface area contributed by atoms with Crippen LogP contribution in [-0.2, 0) is 4.74 Å². The predicted molar refractivity (Wildman–Crippen MR) is 80.2 cm³/mol. The molecule has 2 aromatic rings. The van der Waals surface area contributed by atoms with Crippen LogP contribution in [0, 0.1) is 0 Å². The number of ether oxygens (including phenoxy) is 1. The Labute approximate surface area is 160 Å². The maximum absolute atomic E-state index is 12.5. The van der Waals surface area contributed by atoms with Crippen molar-refractivity contribution in [3.8, 4) is 11.1 Å². The van der Waals surface area contributed by atoms with E-state index < -0.39 is 11.9 Å². The molecule has 2 aromatic carbocycles. The van der Waals surface area contributed by atoms with Gasteiger partial charge in [0.15, 0.2) is 5.78 Å². The zero-order chi connectivity index (χ0) is 16.6. The third-order valence-electron chi connectivity index (χ3n) is 3.73. The molecular weight excluding hydrogens is 319 g/mol. The summed E-state index contributed by atoms with van der Waals surface area (Å²) in [6, 6.07) is 9.07. The molecule has 3 rings (SSSR count). The van der Waals surface area contributed by atoms with Gasteiger partial charge in [0, 0.05) is 11.1 Å². The van der Waals surface area contributed by atoms with Gasteiger partial charge in [-0.1, -0.05) is 25.1 Å². The van der Waals surface area contributed by atoms with Crippen molar-refractivity contribution in [1.82, 2.24) is 0 Å². The first kappa shape index (κ1) is 18.4. The Morgan fingerprint density at radius 3 is 2.04 bits per heavy atom. The SMILES string of the molecule is CCCOC(=O)c1ccc2c(c1)C(=O)c1cc(C(=O)[O-])ccc1-2.[Na+]. The summed E-state index contributed by atoms with van der Waals surface area (Å²) in [7, 11) is 0. The normalized spacial score (nSPS) is 11.3. The number of fused-ring (bicyclic) bond motifs is 3. The molecule has 5 nitrogen and oxygen atoms in total. The Balaban J connectivity index is 0.00000208. The largest absolute Gasteiger partial charge is 1.00 e. The maximum atomic E-state index is 12.5. The van der Waals surface area contributed by atoms with Crippen LogP contribution in [0.15, 0.2) is 36.4 Å². The van der Waals surface area contributed by atoms with E-state index in [4.69, 9.17) is 4.74 Å². The van der Waals surface area contributed by atoms with Crippen molar-refractivity contribution in [2.45, 2.75) is 13.3 Å². The predicted octanol–water partition coefficient (Wildman–Crippen LogP) is -1.17. The molecule has 0 heterocycles. The van der Waals surface area contributed by atoms with Crippen LogP contribution >= 0.6 is 0 Å². The molecule has 6 heteroatoms. The van der Waals surface area contributed by atoms with E-state index in [9.17, 15) is 19.5 Å². The van der Waals surface area contributed by atoms with Gasteiger partial charge in [-0.15, -0.1) is 0 Å². The van der Waals surface area contributed by atoms with Crippen molar-refractivity contribution >= 4 is 17.7 Å². The first-order valence-corrected chi connectivity index (χ1v) is 7.24. The molecule has 0 amide bonds. The summed E-state index contributed by atoms with van der Waals surface area (Å²) < 4.78 is 5.06. The smallest absolute Gasteiger partial charge is 0.545 e. The van der Waals surface area contributed by atoms with Gasteiger partial charge in [0.05, 0.1) is 18.1 Å². The Morgan fingerprint density at radius 2 is 1.50 bits per heavy atom. The van der Waals surface area contributed by atoms with Crippen LogP contribution in [-0.4, -0.2) is 24.3 Å². The fourth-order valence-corrected chi connectivity index (χ4v) is 2.61. The van der Waals surface area contributed by atoms with Gasteiger partial charge < -0.3 is 14.6 Å². The van der Waals surface area contributed by atoms with Crippen molar-refractivity contribution in [1.29, 1.82) is 0 Å². The van der Waals surface area contributed by atoms with Crippen LogP contribution in [0.1, 0.15) is 50.0 Å². The van der Waals surface area contributed by atoms with E-state index >= 15 is 0 Å². The number of hydrogen-bond donors (Lipinski definition) is 0. The van der Waals surface area contributed by atoms with E-state index in [1.807, 2.05) is 6.92 Å². The molecule has 0 saturated carbocycles. The van der Waals surface area contributed by atoms with Gasteiger partial charge in [-0.3, -0.25) is 4.79 Å². The molecule has 0 unspecified atom stereocenters. The Bertz CT molecular complexity index is 841. The van der Waals surface area contributed by atoms with Crippen LogP contribution < -0.4 is 34.7 Å². The molecule has 0 bridgehead atoms. The first-order valence-electron chi connectivity index (χ1n) is 7.24. The number of ketones is 1. The Kier molecular flexibility index (Phi) is 5.59. The summed E-state index contributed by atoms with van der Waals surface area (Å²) in [4.78, 5) is 35.3. The van der Waals surface area contributed by atoms with Crippen molar-refractivity contribution in [3.63, 3.8) is 0 Å². The van der Waals surface area contributed by atoms with E-state index in [1.54, 1.807) is 18.2 Å². The van der Waals surface area contributed by atoms with Gasteiger partial charge >= 0.3 is 35.5 Å². The van der Waals surface area contributed by atoms with Crippen LogP contribution in [0.25, 0.3) is 11.1 Å². The maximum Gasteiger partial charge on any atom is 1.00 e. The molecular formula is C18H13NaO5. The van der Waals surface area contributed by atoms with Gasteiger partial charge in [0.2, 0.25) is 0 Å². The monoisotopic (exact) mass is 332 g/mol. The molecule has 0 spiro atoms. The second-order valence-corrected chi connectivity index (χ2v) is 5.27. The average Bonchev–Trinajstić information content (AvgIpc) is 2.84. The molecule has 24 heavy (non-hydrogen) atoms. The van der Waals surface area contributed by atoms with E-state index in [0.29, 0.717) is 40.8 Å². The average molecular weight is 332 g/mol. The third kappa shape index (κ3) is 3.15. The summed E-state index contributed by atoms with van der Waals surface area (Å²) in [5.41, 5.74) is 2.28. The van der Waals surface area contributed by atoms with Crippen molar-refractivity contribution < 1.29 is 53.8 Å². The molecule has 0 aromatic heterocycles. The summed E-state index contributed by atoms with van der Waals surface area (Å²) in [6.07, 6.45) is 0.715. The zero-order valence-electron chi connectivity index (χ0n) is 13.4.